The molecule has 1 aliphatic rings. The molecule has 4 rings (SSSR count). The summed E-state index contributed by atoms with van der Waals surface area (Å²) in [4.78, 5) is 42.8. The summed E-state index contributed by atoms with van der Waals surface area (Å²) < 4.78 is 11.3. The molecule has 0 saturated carbocycles. The van der Waals surface area contributed by atoms with Crippen molar-refractivity contribution in [1.29, 1.82) is 0 Å². The zero-order chi connectivity index (χ0) is 29.6. The van der Waals surface area contributed by atoms with Gasteiger partial charge in [0.05, 0.1) is 24.6 Å². The summed E-state index contributed by atoms with van der Waals surface area (Å²) >= 11 is 0. The van der Waals surface area contributed by atoms with E-state index in [1.165, 1.54) is 4.90 Å². The minimum atomic E-state index is -1.30. The lowest BCUT2D eigenvalue weighted by Gasteiger charge is -2.32. The van der Waals surface area contributed by atoms with Crippen LogP contribution in [0.1, 0.15) is 50.5 Å². The van der Waals surface area contributed by atoms with Gasteiger partial charge in [0.25, 0.3) is 0 Å². The largest absolute Gasteiger partial charge is 0.444 e. The number of amides is 3. The summed E-state index contributed by atoms with van der Waals surface area (Å²) in [5.74, 6) is -1.58. The van der Waals surface area contributed by atoms with E-state index in [-0.39, 0.29) is 19.5 Å². The number of nitrogens with zero attached hydrogens (tertiary/aromatic N) is 2. The average Bonchev–Trinajstić information content (AvgIpc) is 3.25. The number of hydrogen-bond donors (Lipinski definition) is 1. The maximum absolute atomic E-state index is 14.1. The summed E-state index contributed by atoms with van der Waals surface area (Å²) in [6.45, 7) is 7.08. The van der Waals surface area contributed by atoms with Gasteiger partial charge in [-0.15, -0.1) is 0 Å². The first kappa shape index (κ1) is 29.8. The Kier molecular flexibility index (Phi) is 9.45. The van der Waals surface area contributed by atoms with Crippen LogP contribution < -0.4 is 0 Å². The molecule has 41 heavy (non-hydrogen) atoms. The van der Waals surface area contributed by atoms with Crippen molar-refractivity contribution in [1.82, 2.24) is 9.80 Å². The summed E-state index contributed by atoms with van der Waals surface area (Å²) in [6, 6.07) is 27.3. The fourth-order valence-corrected chi connectivity index (χ4v) is 4.97. The van der Waals surface area contributed by atoms with Gasteiger partial charge < -0.3 is 19.5 Å². The van der Waals surface area contributed by atoms with Crippen LogP contribution in [-0.4, -0.2) is 57.3 Å². The third-order valence-corrected chi connectivity index (χ3v) is 6.99. The fraction of sp³-hybridized carbons (Fsp3) is 0.364. The van der Waals surface area contributed by atoms with E-state index in [9.17, 15) is 19.5 Å². The number of benzene rings is 3. The molecule has 0 aromatic heterocycles. The monoisotopic (exact) mass is 558 g/mol. The van der Waals surface area contributed by atoms with Crippen LogP contribution in [0, 0.1) is 5.92 Å². The van der Waals surface area contributed by atoms with Crippen molar-refractivity contribution in [3.8, 4) is 0 Å². The summed E-state index contributed by atoms with van der Waals surface area (Å²) in [5.41, 5.74) is 1.69. The molecule has 8 nitrogen and oxygen atoms in total. The van der Waals surface area contributed by atoms with Crippen molar-refractivity contribution in [3.63, 3.8) is 0 Å². The Balaban J connectivity index is 1.61. The Hall–Kier alpha value is -4.17. The molecule has 3 aromatic carbocycles. The highest BCUT2D eigenvalue weighted by Crippen LogP contribution is 2.34. The smallest absolute Gasteiger partial charge is 0.417 e. The standard InChI is InChI=1S/C33H38N2O6/c1-23-29(26-18-12-7-13-19-26)40-32(39)35(23)30(37)27(20-24-14-8-5-9-15-24)28(36)22-34(31(38)41-33(2,3)4)21-25-16-10-6-11-17-25/h5-19,23,27-29,36H,20-22H2,1-4H3/t23-,27+,28-,29-/m1/s1. The predicted molar refractivity (Wildman–Crippen MR) is 155 cm³/mol. The third-order valence-electron chi connectivity index (χ3n) is 6.99. The topological polar surface area (TPSA) is 96.4 Å². The first-order valence-electron chi connectivity index (χ1n) is 13.9. The predicted octanol–water partition coefficient (Wildman–Crippen LogP) is 5.75. The molecule has 1 aliphatic heterocycles. The average molecular weight is 559 g/mol. The molecule has 8 heteroatoms. The van der Waals surface area contributed by atoms with Gasteiger partial charge in [-0.05, 0) is 50.8 Å². The van der Waals surface area contributed by atoms with E-state index in [2.05, 4.69) is 0 Å². The quantitative estimate of drug-likeness (QED) is 0.359. The summed E-state index contributed by atoms with van der Waals surface area (Å²) in [6.07, 6.45) is -3.12. The van der Waals surface area contributed by atoms with Gasteiger partial charge in [0.1, 0.15) is 11.7 Å². The van der Waals surface area contributed by atoms with Crippen LogP contribution in [0.15, 0.2) is 91.0 Å². The van der Waals surface area contributed by atoms with Crippen molar-refractivity contribution in [2.75, 3.05) is 6.54 Å². The molecule has 0 spiro atoms. The number of ether oxygens (including phenoxy) is 2. The summed E-state index contributed by atoms with van der Waals surface area (Å²) in [7, 11) is 0. The van der Waals surface area contributed by atoms with Crippen molar-refractivity contribution in [2.24, 2.45) is 5.92 Å². The molecule has 0 bridgehead atoms. The van der Waals surface area contributed by atoms with Gasteiger partial charge in [-0.1, -0.05) is 91.0 Å². The molecular formula is C33H38N2O6. The van der Waals surface area contributed by atoms with Gasteiger partial charge in [-0.3, -0.25) is 4.79 Å². The SMILES string of the molecule is C[C@@H]1[C@H](c2ccccc2)OC(=O)N1C(=O)[C@@H](Cc1ccccc1)[C@H](O)CN(Cc1ccccc1)C(=O)OC(C)(C)C. The van der Waals surface area contributed by atoms with E-state index in [0.717, 1.165) is 21.6 Å². The van der Waals surface area contributed by atoms with Crippen LogP contribution in [0.2, 0.25) is 0 Å². The maximum Gasteiger partial charge on any atom is 0.417 e. The zero-order valence-corrected chi connectivity index (χ0v) is 24.0. The Bertz CT molecular complexity index is 1310. The zero-order valence-electron chi connectivity index (χ0n) is 24.0. The maximum atomic E-state index is 14.1. The normalized spacial score (nSPS) is 18.4. The summed E-state index contributed by atoms with van der Waals surface area (Å²) in [5, 5.41) is 11.6. The minimum Gasteiger partial charge on any atom is -0.444 e. The molecule has 1 heterocycles. The van der Waals surface area contributed by atoms with Crippen LogP contribution in [0.3, 0.4) is 0 Å². The lowest BCUT2D eigenvalue weighted by molar-refractivity contribution is -0.137. The lowest BCUT2D eigenvalue weighted by atomic mass is 9.91. The second-order valence-corrected chi connectivity index (χ2v) is 11.4. The molecule has 1 N–H and O–H groups in total. The molecule has 216 valence electrons. The molecule has 0 radical (unpaired) electrons. The number of aliphatic hydroxyl groups excluding tert-OH is 1. The number of imide groups is 1. The highest BCUT2D eigenvalue weighted by Gasteiger charge is 2.47. The van der Waals surface area contributed by atoms with E-state index in [0.29, 0.717) is 0 Å². The van der Waals surface area contributed by atoms with Crippen LogP contribution >= 0.6 is 0 Å². The number of aliphatic hydroxyl groups is 1. The molecule has 3 aromatic rings. The fourth-order valence-electron chi connectivity index (χ4n) is 4.97. The van der Waals surface area contributed by atoms with Gasteiger partial charge in [-0.25, -0.2) is 14.5 Å². The van der Waals surface area contributed by atoms with E-state index < -0.39 is 47.9 Å². The molecule has 3 amide bonds. The molecule has 1 fully saturated rings. The van der Waals surface area contributed by atoms with Gasteiger partial charge in [-0.2, -0.15) is 0 Å². The second kappa shape index (κ2) is 13.0. The van der Waals surface area contributed by atoms with E-state index in [1.807, 2.05) is 91.0 Å². The lowest BCUT2D eigenvalue weighted by Crippen LogP contribution is -2.49. The Morgan fingerprint density at radius 1 is 0.927 bits per heavy atom. The van der Waals surface area contributed by atoms with Crippen LogP contribution in [0.25, 0.3) is 0 Å². The van der Waals surface area contributed by atoms with Crippen molar-refractivity contribution in [2.45, 2.75) is 64.5 Å². The van der Waals surface area contributed by atoms with Gasteiger partial charge in [0.2, 0.25) is 5.91 Å². The Morgan fingerprint density at radius 3 is 2.02 bits per heavy atom. The van der Waals surface area contributed by atoms with Crippen molar-refractivity contribution in [3.05, 3.63) is 108 Å². The molecular weight excluding hydrogens is 520 g/mol. The Labute approximate surface area is 241 Å². The van der Waals surface area contributed by atoms with Gasteiger partial charge >= 0.3 is 12.2 Å². The van der Waals surface area contributed by atoms with Crippen LogP contribution in [0.5, 0.6) is 0 Å². The van der Waals surface area contributed by atoms with Crippen LogP contribution in [0.4, 0.5) is 9.59 Å². The second-order valence-electron chi connectivity index (χ2n) is 11.4. The Morgan fingerprint density at radius 2 is 1.46 bits per heavy atom. The van der Waals surface area contributed by atoms with Crippen LogP contribution in [-0.2, 0) is 27.2 Å². The number of rotatable bonds is 9. The van der Waals surface area contributed by atoms with Gasteiger partial charge in [0.15, 0.2) is 0 Å². The number of carbonyl (C=O) groups is 3. The van der Waals surface area contributed by atoms with E-state index >= 15 is 0 Å². The van der Waals surface area contributed by atoms with E-state index in [4.69, 9.17) is 9.47 Å². The molecule has 1 saturated heterocycles. The first-order chi connectivity index (χ1) is 19.5. The molecule has 0 unspecified atom stereocenters. The third kappa shape index (κ3) is 7.73. The highest BCUT2D eigenvalue weighted by atomic mass is 16.6. The first-order valence-corrected chi connectivity index (χ1v) is 13.9. The number of hydrogen-bond acceptors (Lipinski definition) is 6. The molecule has 0 aliphatic carbocycles. The minimum absolute atomic E-state index is 0.167. The van der Waals surface area contributed by atoms with Crippen molar-refractivity contribution >= 4 is 18.1 Å². The number of carbonyl (C=O) groups excluding carboxylic acids is 3. The van der Waals surface area contributed by atoms with Gasteiger partial charge in [0, 0.05) is 6.54 Å². The molecule has 4 atom stereocenters. The van der Waals surface area contributed by atoms with Crippen molar-refractivity contribution < 1.29 is 29.0 Å². The number of cyclic esters (lactones) is 1. The van der Waals surface area contributed by atoms with E-state index in [1.54, 1.807) is 27.7 Å². The highest BCUT2D eigenvalue weighted by molar-refractivity contribution is 5.95.